The SMILES string of the molecule is COc1cc(C=O)ccc1OCC(=O)N1C(C)CCCC1C. The second-order valence-corrected chi connectivity index (χ2v) is 5.75. The van der Waals surface area contributed by atoms with Crippen LogP contribution < -0.4 is 9.47 Å². The molecule has 0 N–H and O–H groups in total. The highest BCUT2D eigenvalue weighted by molar-refractivity contribution is 5.79. The Bertz CT molecular complexity index is 533. The number of carbonyl (C=O) groups excluding carboxylic acids is 2. The molecule has 0 aromatic heterocycles. The van der Waals surface area contributed by atoms with E-state index in [9.17, 15) is 9.59 Å². The Hall–Kier alpha value is -2.04. The molecular formula is C17H23NO4. The molecule has 0 aliphatic carbocycles. The van der Waals surface area contributed by atoms with E-state index in [1.807, 2.05) is 4.90 Å². The first-order valence-corrected chi connectivity index (χ1v) is 7.64. The van der Waals surface area contributed by atoms with Gasteiger partial charge in [-0.1, -0.05) is 0 Å². The lowest BCUT2D eigenvalue weighted by Crippen LogP contribution is -2.49. The van der Waals surface area contributed by atoms with Crippen LogP contribution in [0.15, 0.2) is 18.2 Å². The first-order valence-electron chi connectivity index (χ1n) is 7.64. The van der Waals surface area contributed by atoms with E-state index in [4.69, 9.17) is 9.47 Å². The van der Waals surface area contributed by atoms with Crippen molar-refractivity contribution >= 4 is 12.2 Å². The van der Waals surface area contributed by atoms with Gasteiger partial charge in [0.1, 0.15) is 6.29 Å². The lowest BCUT2D eigenvalue weighted by atomic mass is 9.97. The molecule has 1 saturated heterocycles. The van der Waals surface area contributed by atoms with Crippen molar-refractivity contribution in [2.45, 2.75) is 45.2 Å². The van der Waals surface area contributed by atoms with E-state index < -0.39 is 0 Å². The second kappa shape index (κ2) is 7.29. The maximum Gasteiger partial charge on any atom is 0.260 e. The van der Waals surface area contributed by atoms with Crippen LogP contribution in [0.3, 0.4) is 0 Å². The van der Waals surface area contributed by atoms with E-state index in [0.29, 0.717) is 17.1 Å². The Balaban J connectivity index is 2.03. The summed E-state index contributed by atoms with van der Waals surface area (Å²) in [5.74, 6) is 0.914. The Labute approximate surface area is 131 Å². The lowest BCUT2D eigenvalue weighted by molar-refractivity contribution is -0.139. The fourth-order valence-corrected chi connectivity index (χ4v) is 3.00. The molecule has 1 heterocycles. The average Bonchev–Trinajstić information content (AvgIpc) is 2.52. The monoisotopic (exact) mass is 305 g/mol. The summed E-state index contributed by atoms with van der Waals surface area (Å²) in [7, 11) is 1.51. The number of aldehydes is 1. The Morgan fingerprint density at radius 1 is 1.27 bits per heavy atom. The third kappa shape index (κ3) is 3.59. The molecule has 1 aliphatic heterocycles. The molecule has 5 nitrogen and oxygen atoms in total. The van der Waals surface area contributed by atoms with Crippen molar-refractivity contribution in [2.24, 2.45) is 0 Å². The minimum atomic E-state index is -0.0223. The van der Waals surface area contributed by atoms with E-state index in [0.717, 1.165) is 25.5 Å². The number of nitrogens with zero attached hydrogens (tertiary/aromatic N) is 1. The number of hydrogen-bond acceptors (Lipinski definition) is 4. The number of benzene rings is 1. The molecule has 0 radical (unpaired) electrons. The number of rotatable bonds is 5. The third-order valence-electron chi connectivity index (χ3n) is 4.16. The number of piperidine rings is 1. The maximum atomic E-state index is 12.4. The Kier molecular flexibility index (Phi) is 5.41. The van der Waals surface area contributed by atoms with E-state index >= 15 is 0 Å². The van der Waals surface area contributed by atoms with E-state index in [1.165, 1.54) is 7.11 Å². The van der Waals surface area contributed by atoms with Gasteiger partial charge in [-0.25, -0.2) is 0 Å². The van der Waals surface area contributed by atoms with Crippen LogP contribution in [0, 0.1) is 0 Å². The predicted molar refractivity (Wildman–Crippen MR) is 83.5 cm³/mol. The molecule has 22 heavy (non-hydrogen) atoms. The molecule has 2 rings (SSSR count). The second-order valence-electron chi connectivity index (χ2n) is 5.75. The van der Waals surface area contributed by atoms with Crippen LogP contribution >= 0.6 is 0 Å². The average molecular weight is 305 g/mol. The van der Waals surface area contributed by atoms with Crippen molar-refractivity contribution in [3.05, 3.63) is 23.8 Å². The topological polar surface area (TPSA) is 55.8 Å². The Morgan fingerprint density at radius 3 is 2.55 bits per heavy atom. The van der Waals surface area contributed by atoms with Gasteiger partial charge in [0.15, 0.2) is 18.1 Å². The van der Waals surface area contributed by atoms with Crippen molar-refractivity contribution in [2.75, 3.05) is 13.7 Å². The molecule has 1 fully saturated rings. The number of methoxy groups -OCH3 is 1. The van der Waals surface area contributed by atoms with Crippen LogP contribution in [0.1, 0.15) is 43.5 Å². The number of hydrogen-bond donors (Lipinski definition) is 0. The number of amides is 1. The van der Waals surface area contributed by atoms with Gasteiger partial charge in [0.25, 0.3) is 5.91 Å². The van der Waals surface area contributed by atoms with Crippen molar-refractivity contribution in [3.63, 3.8) is 0 Å². The zero-order chi connectivity index (χ0) is 16.1. The van der Waals surface area contributed by atoms with E-state index in [2.05, 4.69) is 13.8 Å². The fraction of sp³-hybridized carbons (Fsp3) is 0.529. The van der Waals surface area contributed by atoms with Gasteiger partial charge in [0, 0.05) is 17.6 Å². The molecule has 5 heteroatoms. The highest BCUT2D eigenvalue weighted by atomic mass is 16.5. The molecule has 0 saturated carbocycles. The third-order valence-corrected chi connectivity index (χ3v) is 4.16. The quantitative estimate of drug-likeness (QED) is 0.785. The maximum absolute atomic E-state index is 12.4. The van der Waals surface area contributed by atoms with Crippen molar-refractivity contribution < 1.29 is 19.1 Å². The van der Waals surface area contributed by atoms with Gasteiger partial charge in [-0.15, -0.1) is 0 Å². The van der Waals surface area contributed by atoms with Gasteiger partial charge in [0.05, 0.1) is 7.11 Å². The summed E-state index contributed by atoms with van der Waals surface area (Å²) in [6, 6.07) is 5.39. The minimum Gasteiger partial charge on any atom is -0.493 e. The van der Waals surface area contributed by atoms with Gasteiger partial charge in [-0.3, -0.25) is 9.59 Å². The van der Waals surface area contributed by atoms with Gasteiger partial charge >= 0.3 is 0 Å². The summed E-state index contributed by atoms with van der Waals surface area (Å²) >= 11 is 0. The van der Waals surface area contributed by atoms with E-state index in [1.54, 1.807) is 18.2 Å². The van der Waals surface area contributed by atoms with Crippen molar-refractivity contribution in [1.82, 2.24) is 4.90 Å². The normalized spacial score (nSPS) is 21.3. The van der Waals surface area contributed by atoms with Crippen LogP contribution in [-0.2, 0) is 4.79 Å². The minimum absolute atomic E-state index is 0.0128. The highest BCUT2D eigenvalue weighted by Crippen LogP contribution is 2.28. The molecule has 1 amide bonds. The number of likely N-dealkylation sites (tertiary alicyclic amines) is 1. The lowest BCUT2D eigenvalue weighted by Gasteiger charge is -2.39. The summed E-state index contributed by atoms with van der Waals surface area (Å²) < 4.78 is 10.8. The molecule has 2 unspecified atom stereocenters. The van der Waals surface area contributed by atoms with Crippen LogP contribution in [0.25, 0.3) is 0 Å². The molecule has 2 atom stereocenters. The summed E-state index contributed by atoms with van der Waals surface area (Å²) in [6.07, 6.45) is 3.98. The summed E-state index contributed by atoms with van der Waals surface area (Å²) in [6.45, 7) is 4.13. The highest BCUT2D eigenvalue weighted by Gasteiger charge is 2.29. The summed E-state index contributed by atoms with van der Waals surface area (Å²) in [5, 5.41) is 0. The Morgan fingerprint density at radius 2 is 1.95 bits per heavy atom. The first kappa shape index (κ1) is 16.3. The number of carbonyl (C=O) groups is 2. The summed E-state index contributed by atoms with van der Waals surface area (Å²) in [4.78, 5) is 25.1. The summed E-state index contributed by atoms with van der Waals surface area (Å²) in [5.41, 5.74) is 0.508. The van der Waals surface area contributed by atoms with E-state index in [-0.39, 0.29) is 24.6 Å². The molecule has 1 aromatic carbocycles. The zero-order valence-electron chi connectivity index (χ0n) is 13.4. The largest absolute Gasteiger partial charge is 0.493 e. The smallest absolute Gasteiger partial charge is 0.260 e. The molecular weight excluding hydrogens is 282 g/mol. The standard InChI is InChI=1S/C17H23NO4/c1-12-5-4-6-13(2)18(12)17(20)11-22-15-8-7-14(10-19)9-16(15)21-3/h7-10,12-13H,4-6,11H2,1-3H3. The van der Waals surface area contributed by atoms with Gasteiger partial charge in [-0.05, 0) is 51.3 Å². The van der Waals surface area contributed by atoms with Gasteiger partial charge in [0.2, 0.25) is 0 Å². The van der Waals surface area contributed by atoms with Crippen molar-refractivity contribution in [3.8, 4) is 11.5 Å². The van der Waals surface area contributed by atoms with Crippen molar-refractivity contribution in [1.29, 1.82) is 0 Å². The molecule has 0 spiro atoms. The molecule has 1 aromatic rings. The first-order chi connectivity index (χ1) is 10.6. The molecule has 0 bridgehead atoms. The molecule has 1 aliphatic rings. The van der Waals surface area contributed by atoms with Gasteiger partial charge in [-0.2, -0.15) is 0 Å². The van der Waals surface area contributed by atoms with Crippen LogP contribution in [0.4, 0.5) is 0 Å². The van der Waals surface area contributed by atoms with Crippen LogP contribution in [0.2, 0.25) is 0 Å². The zero-order valence-corrected chi connectivity index (χ0v) is 13.4. The fourth-order valence-electron chi connectivity index (χ4n) is 3.00. The van der Waals surface area contributed by atoms with Crippen LogP contribution in [-0.4, -0.2) is 42.9 Å². The molecule has 120 valence electrons. The predicted octanol–water partition coefficient (Wildman–Crippen LogP) is 2.68. The number of ether oxygens (including phenoxy) is 2. The van der Waals surface area contributed by atoms with Crippen LogP contribution in [0.5, 0.6) is 11.5 Å². The van der Waals surface area contributed by atoms with Gasteiger partial charge < -0.3 is 14.4 Å².